The van der Waals surface area contributed by atoms with E-state index in [4.69, 9.17) is 4.99 Å². The molecule has 6 heteroatoms. The predicted molar refractivity (Wildman–Crippen MR) is 132 cm³/mol. The summed E-state index contributed by atoms with van der Waals surface area (Å²) >= 11 is 0. The quantitative estimate of drug-likeness (QED) is 0.230. The van der Waals surface area contributed by atoms with Crippen LogP contribution in [0.3, 0.4) is 0 Å². The molecule has 1 fully saturated rings. The predicted octanol–water partition coefficient (Wildman–Crippen LogP) is 3.51. The largest absolute Gasteiger partial charge is 0.357 e. The van der Waals surface area contributed by atoms with Gasteiger partial charge in [0.2, 0.25) is 0 Å². The third kappa shape index (κ3) is 9.09. The number of hydrogen-bond donors (Lipinski definition) is 1. The van der Waals surface area contributed by atoms with E-state index < -0.39 is 0 Å². The molecular weight excluding hydrogens is 461 g/mol. The summed E-state index contributed by atoms with van der Waals surface area (Å²) in [4.78, 5) is 12.3. The SMILES string of the molecule is CCNC(=NCCCCN(CC)CC)N1CCN(Cc2ccccc2)CC1.I. The highest BCUT2D eigenvalue weighted by molar-refractivity contribution is 14.0. The molecule has 1 heterocycles. The Balaban J connectivity index is 0.00000392. The van der Waals surface area contributed by atoms with Crippen LogP contribution in [0.25, 0.3) is 0 Å². The van der Waals surface area contributed by atoms with Crippen molar-refractivity contribution in [2.45, 2.75) is 40.2 Å². The second-order valence-electron chi connectivity index (χ2n) is 7.22. The van der Waals surface area contributed by atoms with Crippen LogP contribution in [0.15, 0.2) is 35.3 Å². The van der Waals surface area contributed by atoms with Crippen molar-refractivity contribution < 1.29 is 0 Å². The summed E-state index contributed by atoms with van der Waals surface area (Å²) < 4.78 is 0. The number of rotatable bonds is 10. The van der Waals surface area contributed by atoms with Gasteiger partial charge in [0.1, 0.15) is 0 Å². The van der Waals surface area contributed by atoms with Crippen LogP contribution in [0.5, 0.6) is 0 Å². The summed E-state index contributed by atoms with van der Waals surface area (Å²) in [7, 11) is 0. The number of unbranched alkanes of at least 4 members (excludes halogenated alkanes) is 1. The van der Waals surface area contributed by atoms with Gasteiger partial charge in [-0.1, -0.05) is 44.2 Å². The van der Waals surface area contributed by atoms with Gasteiger partial charge in [-0.15, -0.1) is 24.0 Å². The third-order valence-corrected chi connectivity index (χ3v) is 5.29. The standard InChI is InChI=1S/C22H39N5.HI/c1-4-23-22(24-14-10-11-15-25(5-2)6-3)27-18-16-26(17-19-27)20-21-12-8-7-9-13-21;/h7-9,12-13H,4-6,10-11,14-20H2,1-3H3,(H,23,24);1H. The molecule has 0 atom stereocenters. The first-order valence-electron chi connectivity index (χ1n) is 10.8. The van der Waals surface area contributed by atoms with Gasteiger partial charge in [-0.2, -0.15) is 0 Å². The van der Waals surface area contributed by atoms with Crippen molar-refractivity contribution in [1.29, 1.82) is 0 Å². The monoisotopic (exact) mass is 501 g/mol. The molecule has 0 saturated carbocycles. The highest BCUT2D eigenvalue weighted by Gasteiger charge is 2.19. The minimum absolute atomic E-state index is 0. The molecule has 1 saturated heterocycles. The Hall–Kier alpha value is -0.860. The second-order valence-corrected chi connectivity index (χ2v) is 7.22. The van der Waals surface area contributed by atoms with E-state index in [9.17, 15) is 0 Å². The number of nitrogens with one attached hydrogen (secondary N) is 1. The number of halogens is 1. The van der Waals surface area contributed by atoms with Crippen LogP contribution in [0, 0.1) is 0 Å². The van der Waals surface area contributed by atoms with Crippen LogP contribution >= 0.6 is 24.0 Å². The lowest BCUT2D eigenvalue weighted by atomic mass is 10.2. The van der Waals surface area contributed by atoms with E-state index in [2.05, 4.69) is 71.1 Å². The van der Waals surface area contributed by atoms with Crippen LogP contribution in [-0.2, 0) is 6.54 Å². The average molecular weight is 502 g/mol. The van der Waals surface area contributed by atoms with Crippen LogP contribution < -0.4 is 5.32 Å². The number of piperazine rings is 1. The maximum absolute atomic E-state index is 4.89. The topological polar surface area (TPSA) is 34.1 Å². The number of nitrogens with zero attached hydrogens (tertiary/aromatic N) is 4. The number of benzene rings is 1. The molecule has 0 bridgehead atoms. The smallest absolute Gasteiger partial charge is 0.194 e. The summed E-state index contributed by atoms with van der Waals surface area (Å²) in [6, 6.07) is 10.8. The molecule has 1 aliphatic heterocycles. The number of guanidine groups is 1. The first-order valence-corrected chi connectivity index (χ1v) is 10.8. The zero-order valence-electron chi connectivity index (χ0n) is 18.1. The van der Waals surface area contributed by atoms with Crippen LogP contribution in [0.2, 0.25) is 0 Å². The maximum atomic E-state index is 4.89. The van der Waals surface area contributed by atoms with Gasteiger partial charge in [0, 0.05) is 45.8 Å². The lowest BCUT2D eigenvalue weighted by Gasteiger charge is -2.36. The summed E-state index contributed by atoms with van der Waals surface area (Å²) in [5.41, 5.74) is 1.40. The molecule has 1 N–H and O–H groups in total. The summed E-state index contributed by atoms with van der Waals surface area (Å²) in [6.07, 6.45) is 2.40. The highest BCUT2D eigenvalue weighted by atomic mass is 127. The Labute approximate surface area is 189 Å². The summed E-state index contributed by atoms with van der Waals surface area (Å²) in [5.74, 6) is 1.10. The Kier molecular flexibility index (Phi) is 13.5. The molecule has 2 rings (SSSR count). The maximum Gasteiger partial charge on any atom is 0.194 e. The van der Waals surface area contributed by atoms with Gasteiger partial charge in [-0.25, -0.2) is 0 Å². The second kappa shape index (κ2) is 15.0. The van der Waals surface area contributed by atoms with Gasteiger partial charge >= 0.3 is 0 Å². The van der Waals surface area contributed by atoms with Gasteiger partial charge < -0.3 is 15.1 Å². The molecule has 0 unspecified atom stereocenters. The van der Waals surface area contributed by atoms with E-state index in [1.54, 1.807) is 0 Å². The minimum atomic E-state index is 0. The fraction of sp³-hybridized carbons (Fsp3) is 0.682. The molecule has 0 spiro atoms. The van der Waals surface area contributed by atoms with Crippen molar-refractivity contribution in [3.63, 3.8) is 0 Å². The first kappa shape index (κ1) is 25.2. The van der Waals surface area contributed by atoms with Gasteiger partial charge in [-0.3, -0.25) is 9.89 Å². The Bertz CT molecular complexity index is 525. The van der Waals surface area contributed by atoms with Crippen LogP contribution in [0.1, 0.15) is 39.2 Å². The lowest BCUT2D eigenvalue weighted by molar-refractivity contribution is 0.172. The molecule has 0 radical (unpaired) electrons. The summed E-state index contributed by atoms with van der Waals surface area (Å²) in [5, 5.41) is 3.49. The van der Waals surface area contributed by atoms with Crippen molar-refractivity contribution in [3.05, 3.63) is 35.9 Å². The molecule has 1 aromatic carbocycles. The van der Waals surface area contributed by atoms with Gasteiger partial charge in [0.25, 0.3) is 0 Å². The number of aliphatic imine (C=N–C) groups is 1. The first-order chi connectivity index (χ1) is 13.3. The molecular formula is C22H40IN5. The van der Waals surface area contributed by atoms with Crippen LogP contribution in [-0.4, -0.2) is 79.6 Å². The van der Waals surface area contributed by atoms with E-state index in [1.807, 2.05) is 0 Å². The van der Waals surface area contributed by atoms with E-state index in [0.717, 1.165) is 64.9 Å². The van der Waals surface area contributed by atoms with E-state index in [1.165, 1.54) is 24.9 Å². The molecule has 5 nitrogen and oxygen atoms in total. The third-order valence-electron chi connectivity index (χ3n) is 5.29. The van der Waals surface area contributed by atoms with Crippen molar-refractivity contribution in [2.75, 3.05) is 58.9 Å². The fourth-order valence-corrected chi connectivity index (χ4v) is 3.56. The van der Waals surface area contributed by atoms with Crippen molar-refractivity contribution in [2.24, 2.45) is 4.99 Å². The normalized spacial score (nSPS) is 15.6. The molecule has 1 aromatic rings. The number of hydrogen-bond acceptors (Lipinski definition) is 3. The Morgan fingerprint density at radius 3 is 2.29 bits per heavy atom. The van der Waals surface area contributed by atoms with E-state index >= 15 is 0 Å². The van der Waals surface area contributed by atoms with E-state index in [-0.39, 0.29) is 24.0 Å². The van der Waals surface area contributed by atoms with E-state index in [0.29, 0.717) is 0 Å². The molecule has 28 heavy (non-hydrogen) atoms. The highest BCUT2D eigenvalue weighted by Crippen LogP contribution is 2.09. The molecule has 0 aliphatic carbocycles. The molecule has 0 amide bonds. The van der Waals surface area contributed by atoms with Crippen LogP contribution in [0.4, 0.5) is 0 Å². The average Bonchev–Trinajstić information content (AvgIpc) is 2.71. The molecule has 160 valence electrons. The zero-order valence-corrected chi connectivity index (χ0v) is 20.4. The summed E-state index contributed by atoms with van der Waals surface area (Å²) in [6.45, 7) is 17.3. The van der Waals surface area contributed by atoms with Gasteiger partial charge in [0.15, 0.2) is 5.96 Å². The van der Waals surface area contributed by atoms with Crippen molar-refractivity contribution in [1.82, 2.24) is 20.0 Å². The minimum Gasteiger partial charge on any atom is -0.357 e. The van der Waals surface area contributed by atoms with Crippen molar-refractivity contribution in [3.8, 4) is 0 Å². The van der Waals surface area contributed by atoms with Crippen molar-refractivity contribution >= 4 is 29.9 Å². The van der Waals surface area contributed by atoms with Gasteiger partial charge in [-0.05, 0) is 45.0 Å². The lowest BCUT2D eigenvalue weighted by Crippen LogP contribution is -2.52. The Morgan fingerprint density at radius 1 is 1.00 bits per heavy atom. The fourth-order valence-electron chi connectivity index (χ4n) is 3.56. The zero-order chi connectivity index (χ0) is 19.3. The Morgan fingerprint density at radius 2 is 1.68 bits per heavy atom. The molecule has 1 aliphatic rings. The molecule has 0 aromatic heterocycles. The van der Waals surface area contributed by atoms with Gasteiger partial charge in [0.05, 0.1) is 0 Å².